The molecule has 2 heterocycles. The largest absolute Gasteiger partial charge is 0.496 e. The summed E-state index contributed by atoms with van der Waals surface area (Å²) in [7, 11) is 1.65. The predicted octanol–water partition coefficient (Wildman–Crippen LogP) is 2.69. The molecule has 0 atom stereocenters. The van der Waals surface area contributed by atoms with Crippen LogP contribution in [0.15, 0.2) is 48.8 Å². The lowest BCUT2D eigenvalue weighted by Crippen LogP contribution is -2.41. The molecule has 0 spiro atoms. The van der Waals surface area contributed by atoms with Gasteiger partial charge in [-0.15, -0.1) is 0 Å². The van der Waals surface area contributed by atoms with E-state index in [1.807, 2.05) is 29.2 Å². The van der Waals surface area contributed by atoms with Gasteiger partial charge in [-0.3, -0.25) is 14.6 Å². The fourth-order valence-electron chi connectivity index (χ4n) is 3.53. The van der Waals surface area contributed by atoms with Gasteiger partial charge >= 0.3 is 0 Å². The molecule has 1 N–H and O–H groups in total. The number of piperidine rings is 1. The molecule has 1 aliphatic heterocycles. The van der Waals surface area contributed by atoms with E-state index in [0.29, 0.717) is 30.9 Å². The number of carbonyl (C=O) groups excluding carboxylic acids is 2. The quantitative estimate of drug-likeness (QED) is 0.800. The highest BCUT2D eigenvalue weighted by Gasteiger charge is 2.23. The van der Waals surface area contributed by atoms with Crippen molar-refractivity contribution < 1.29 is 14.3 Å². The molecule has 0 unspecified atom stereocenters. The minimum absolute atomic E-state index is 0.0941. The van der Waals surface area contributed by atoms with E-state index in [1.165, 1.54) is 0 Å². The summed E-state index contributed by atoms with van der Waals surface area (Å²) in [6.07, 6.45) is 6.21. The van der Waals surface area contributed by atoms with Crippen LogP contribution in [-0.2, 0) is 11.2 Å². The van der Waals surface area contributed by atoms with Gasteiger partial charge in [-0.1, -0.05) is 18.2 Å². The Morgan fingerprint density at radius 1 is 1.18 bits per heavy atom. The zero-order valence-electron chi connectivity index (χ0n) is 16.3. The zero-order chi connectivity index (χ0) is 19.8. The van der Waals surface area contributed by atoms with Crippen molar-refractivity contribution in [3.63, 3.8) is 0 Å². The zero-order valence-corrected chi connectivity index (χ0v) is 16.3. The van der Waals surface area contributed by atoms with Crippen molar-refractivity contribution in [3.05, 3.63) is 59.9 Å². The van der Waals surface area contributed by atoms with E-state index in [-0.39, 0.29) is 11.8 Å². The second-order valence-corrected chi connectivity index (χ2v) is 7.09. The van der Waals surface area contributed by atoms with Crippen LogP contribution >= 0.6 is 0 Å². The van der Waals surface area contributed by atoms with Gasteiger partial charge in [-0.05, 0) is 48.9 Å². The summed E-state index contributed by atoms with van der Waals surface area (Å²) in [5.41, 5.74) is 1.64. The number of pyridine rings is 1. The van der Waals surface area contributed by atoms with Crippen LogP contribution in [-0.4, -0.2) is 48.4 Å². The van der Waals surface area contributed by atoms with Crippen LogP contribution in [0.1, 0.15) is 35.2 Å². The Morgan fingerprint density at radius 3 is 2.68 bits per heavy atom. The van der Waals surface area contributed by atoms with Crippen LogP contribution in [0, 0.1) is 5.92 Å². The predicted molar refractivity (Wildman–Crippen MR) is 107 cm³/mol. The fraction of sp³-hybridized carbons (Fsp3) is 0.409. The molecule has 1 fully saturated rings. The number of aryl methyl sites for hydroxylation is 1. The normalized spacial score (nSPS) is 14.5. The molecule has 1 aliphatic rings. The molecule has 28 heavy (non-hydrogen) atoms. The summed E-state index contributed by atoms with van der Waals surface area (Å²) in [6.45, 7) is 2.13. The maximum Gasteiger partial charge on any atom is 0.252 e. The number of rotatable bonds is 7. The number of carbonyl (C=O) groups is 2. The first kappa shape index (κ1) is 19.9. The number of nitrogens with zero attached hydrogens (tertiary/aromatic N) is 2. The van der Waals surface area contributed by atoms with Crippen molar-refractivity contribution in [2.75, 3.05) is 26.7 Å². The van der Waals surface area contributed by atoms with Crippen LogP contribution in [0.3, 0.4) is 0 Å². The van der Waals surface area contributed by atoms with E-state index >= 15 is 0 Å². The molecule has 148 valence electrons. The Morgan fingerprint density at radius 2 is 1.96 bits per heavy atom. The van der Waals surface area contributed by atoms with E-state index in [0.717, 1.165) is 37.2 Å². The van der Waals surface area contributed by atoms with E-state index in [9.17, 15) is 9.59 Å². The highest BCUT2D eigenvalue weighted by Crippen LogP contribution is 2.21. The third-order valence-corrected chi connectivity index (χ3v) is 5.24. The summed E-state index contributed by atoms with van der Waals surface area (Å²) in [6, 6.07) is 11.3. The van der Waals surface area contributed by atoms with Gasteiger partial charge in [0.05, 0.1) is 12.7 Å². The Bertz CT molecular complexity index is 787. The molecule has 1 aromatic heterocycles. The van der Waals surface area contributed by atoms with E-state index in [4.69, 9.17) is 4.74 Å². The second-order valence-electron chi connectivity index (χ2n) is 7.09. The number of hydrogen-bond donors (Lipinski definition) is 1. The van der Waals surface area contributed by atoms with Crippen LogP contribution in [0.5, 0.6) is 5.75 Å². The van der Waals surface area contributed by atoms with Crippen molar-refractivity contribution in [2.24, 2.45) is 5.92 Å². The molecule has 0 aliphatic carbocycles. The highest BCUT2D eigenvalue weighted by molar-refractivity contribution is 5.93. The average molecular weight is 381 g/mol. The Balaban J connectivity index is 1.40. The molecule has 2 aromatic rings. The minimum atomic E-state index is -0.0941. The number of methoxy groups -OCH3 is 1. The summed E-state index contributed by atoms with van der Waals surface area (Å²) in [5, 5.41) is 2.98. The van der Waals surface area contributed by atoms with E-state index in [2.05, 4.69) is 10.3 Å². The topological polar surface area (TPSA) is 71.5 Å². The van der Waals surface area contributed by atoms with Crippen molar-refractivity contribution >= 4 is 11.8 Å². The number of ether oxygens (including phenoxy) is 1. The lowest BCUT2D eigenvalue weighted by atomic mass is 9.96. The maximum absolute atomic E-state index is 12.5. The van der Waals surface area contributed by atoms with Crippen LogP contribution in [0.25, 0.3) is 0 Å². The smallest absolute Gasteiger partial charge is 0.252 e. The lowest BCUT2D eigenvalue weighted by Gasteiger charge is -2.32. The van der Waals surface area contributed by atoms with Gasteiger partial charge in [0.25, 0.3) is 5.91 Å². The second kappa shape index (κ2) is 9.88. The molecule has 0 bridgehead atoms. The number of para-hydroxylation sites is 1. The first-order chi connectivity index (χ1) is 13.7. The van der Waals surface area contributed by atoms with Gasteiger partial charge < -0.3 is 15.0 Å². The van der Waals surface area contributed by atoms with Gasteiger partial charge in [0, 0.05) is 38.4 Å². The molecular formula is C22H27N3O3. The number of amides is 2. The van der Waals surface area contributed by atoms with Crippen molar-refractivity contribution in [3.8, 4) is 5.75 Å². The molecule has 3 rings (SSSR count). The first-order valence-corrected chi connectivity index (χ1v) is 9.75. The summed E-state index contributed by atoms with van der Waals surface area (Å²) < 4.78 is 5.35. The van der Waals surface area contributed by atoms with E-state index < -0.39 is 0 Å². The maximum atomic E-state index is 12.5. The summed E-state index contributed by atoms with van der Waals surface area (Å²) >= 11 is 0. The number of likely N-dealkylation sites (tertiary alicyclic amines) is 1. The fourth-order valence-corrected chi connectivity index (χ4v) is 3.53. The summed E-state index contributed by atoms with van der Waals surface area (Å²) in [4.78, 5) is 30.5. The lowest BCUT2D eigenvalue weighted by molar-refractivity contribution is -0.132. The number of aromatic nitrogens is 1. The molecule has 0 radical (unpaired) electrons. The highest BCUT2D eigenvalue weighted by atomic mass is 16.5. The first-order valence-electron chi connectivity index (χ1n) is 9.75. The van der Waals surface area contributed by atoms with Crippen molar-refractivity contribution in [2.45, 2.75) is 25.7 Å². The number of hydrogen-bond acceptors (Lipinski definition) is 4. The molecule has 1 aromatic carbocycles. The van der Waals surface area contributed by atoms with Gasteiger partial charge in [-0.25, -0.2) is 0 Å². The standard InChI is InChI=1S/C22H27N3O3/c1-28-20-7-3-2-5-18(20)8-9-21(26)25-13-10-17(11-14-25)15-24-22(27)19-6-4-12-23-16-19/h2-7,12,16-17H,8-11,13-15H2,1H3,(H,24,27). The van der Waals surface area contributed by atoms with E-state index in [1.54, 1.807) is 31.6 Å². The molecule has 0 saturated carbocycles. The molecule has 6 heteroatoms. The molecule has 2 amide bonds. The van der Waals surface area contributed by atoms with Crippen molar-refractivity contribution in [1.82, 2.24) is 15.2 Å². The van der Waals surface area contributed by atoms with Gasteiger partial charge in [0.1, 0.15) is 5.75 Å². The van der Waals surface area contributed by atoms with Gasteiger partial charge in [0.15, 0.2) is 0 Å². The number of benzene rings is 1. The molecule has 6 nitrogen and oxygen atoms in total. The van der Waals surface area contributed by atoms with Crippen LogP contribution in [0.2, 0.25) is 0 Å². The molecule has 1 saturated heterocycles. The van der Waals surface area contributed by atoms with Crippen molar-refractivity contribution in [1.29, 1.82) is 0 Å². The van der Waals surface area contributed by atoms with Crippen LogP contribution in [0.4, 0.5) is 0 Å². The molecular weight excluding hydrogens is 354 g/mol. The minimum Gasteiger partial charge on any atom is -0.496 e. The average Bonchev–Trinajstić information content (AvgIpc) is 2.77. The Labute approximate surface area is 165 Å². The monoisotopic (exact) mass is 381 g/mol. The Hall–Kier alpha value is -2.89. The summed E-state index contributed by atoms with van der Waals surface area (Å²) in [5.74, 6) is 1.32. The SMILES string of the molecule is COc1ccccc1CCC(=O)N1CCC(CNC(=O)c2cccnc2)CC1. The number of nitrogens with one attached hydrogen (secondary N) is 1. The third-order valence-electron chi connectivity index (χ3n) is 5.24. The Kier molecular flexibility index (Phi) is 7.00. The van der Waals surface area contributed by atoms with Crippen LogP contribution < -0.4 is 10.1 Å². The third kappa shape index (κ3) is 5.31. The van der Waals surface area contributed by atoms with Gasteiger partial charge in [0.2, 0.25) is 5.91 Å². The van der Waals surface area contributed by atoms with Gasteiger partial charge in [-0.2, -0.15) is 0 Å².